The third-order valence-electron chi connectivity index (χ3n) is 4.03. The number of aromatic nitrogens is 3. The van der Waals surface area contributed by atoms with Gasteiger partial charge in [-0.3, -0.25) is 14.5 Å². The molecule has 1 saturated heterocycles. The van der Waals surface area contributed by atoms with E-state index in [-0.39, 0.29) is 5.91 Å². The number of hydrogen-bond acceptors (Lipinski definition) is 5. The van der Waals surface area contributed by atoms with Gasteiger partial charge in [-0.05, 0) is 6.92 Å². The average Bonchev–Trinajstić information content (AvgIpc) is 3.20. The number of nitrogens with zero attached hydrogens (tertiary/aromatic N) is 6. The Hall–Kier alpha value is -2.42. The molecule has 0 bridgehead atoms. The van der Waals surface area contributed by atoms with Gasteiger partial charge in [0.25, 0.3) is 0 Å². The van der Waals surface area contributed by atoms with Gasteiger partial charge in [-0.25, -0.2) is 4.98 Å². The van der Waals surface area contributed by atoms with Crippen LogP contribution in [0.3, 0.4) is 0 Å². The smallest absolute Gasteiger partial charge is 0.246 e. The first-order chi connectivity index (χ1) is 12.1. The molecule has 2 aromatic heterocycles. The highest BCUT2D eigenvalue weighted by atomic mass is 32.1. The summed E-state index contributed by atoms with van der Waals surface area (Å²) in [5, 5.41) is 8.58. The molecule has 9 heteroatoms. The van der Waals surface area contributed by atoms with E-state index in [1.54, 1.807) is 34.2 Å². The van der Waals surface area contributed by atoms with E-state index in [4.69, 9.17) is 0 Å². The molecule has 3 heterocycles. The van der Waals surface area contributed by atoms with Crippen LogP contribution in [0.1, 0.15) is 9.88 Å². The summed E-state index contributed by atoms with van der Waals surface area (Å²) in [4.78, 5) is 26.1. The number of carbonyl (C=O) groups excluding carboxylic acids is 1. The fourth-order valence-corrected chi connectivity index (χ4v) is 3.59. The Labute approximate surface area is 151 Å². The van der Waals surface area contributed by atoms with E-state index < -0.39 is 0 Å². The number of hydrogen-bond donors (Lipinski definition) is 1. The Bertz CT molecular complexity index is 766. The largest absolute Gasteiger partial charge is 0.356 e. The van der Waals surface area contributed by atoms with Crippen molar-refractivity contribution in [2.75, 3.05) is 38.1 Å². The van der Waals surface area contributed by atoms with Crippen LogP contribution in [0.5, 0.6) is 0 Å². The minimum absolute atomic E-state index is 0.0535. The topological polar surface area (TPSA) is 78.7 Å². The fraction of sp³-hybridized carbons (Fsp3) is 0.500. The van der Waals surface area contributed by atoms with Gasteiger partial charge < -0.3 is 15.1 Å². The van der Waals surface area contributed by atoms with Gasteiger partial charge >= 0.3 is 0 Å². The molecule has 1 fully saturated rings. The van der Waals surface area contributed by atoms with Crippen LogP contribution in [0.4, 0.5) is 5.69 Å². The van der Waals surface area contributed by atoms with Crippen molar-refractivity contribution >= 4 is 28.9 Å². The Morgan fingerprint density at radius 1 is 1.40 bits per heavy atom. The Balaban J connectivity index is 1.53. The maximum Gasteiger partial charge on any atom is 0.246 e. The molecule has 3 rings (SSSR count). The molecule has 1 aliphatic rings. The van der Waals surface area contributed by atoms with Gasteiger partial charge in [0.1, 0.15) is 6.54 Å². The second-order valence-corrected chi connectivity index (χ2v) is 7.25. The zero-order valence-corrected chi connectivity index (χ0v) is 15.6. The van der Waals surface area contributed by atoms with Crippen LogP contribution in [-0.2, 0) is 18.3 Å². The van der Waals surface area contributed by atoms with Crippen molar-refractivity contribution in [3.63, 3.8) is 0 Å². The lowest BCUT2D eigenvalue weighted by Crippen LogP contribution is -2.55. The predicted molar refractivity (Wildman–Crippen MR) is 99.1 cm³/mol. The van der Waals surface area contributed by atoms with Crippen LogP contribution < -0.4 is 10.2 Å². The highest BCUT2D eigenvalue weighted by Gasteiger charge is 2.27. The molecule has 0 aliphatic carbocycles. The summed E-state index contributed by atoms with van der Waals surface area (Å²) < 4.78 is 1.70. The molecule has 0 atom stereocenters. The van der Waals surface area contributed by atoms with Crippen molar-refractivity contribution in [2.24, 2.45) is 12.0 Å². The highest BCUT2D eigenvalue weighted by Crippen LogP contribution is 2.16. The summed E-state index contributed by atoms with van der Waals surface area (Å²) in [6.45, 7) is 4.47. The van der Waals surface area contributed by atoms with E-state index in [1.807, 2.05) is 24.3 Å². The van der Waals surface area contributed by atoms with Crippen LogP contribution in [0.2, 0.25) is 0 Å². The van der Waals surface area contributed by atoms with Crippen LogP contribution in [0, 0.1) is 6.92 Å². The summed E-state index contributed by atoms with van der Waals surface area (Å²) in [5.41, 5.74) is 0.842. The van der Waals surface area contributed by atoms with Gasteiger partial charge in [0.15, 0.2) is 5.96 Å². The molecule has 0 radical (unpaired) electrons. The number of thiazole rings is 1. The van der Waals surface area contributed by atoms with Gasteiger partial charge in [0, 0.05) is 57.4 Å². The van der Waals surface area contributed by atoms with E-state index in [0.29, 0.717) is 13.1 Å². The number of aliphatic imine (C=N–C) groups is 1. The number of guanidine groups is 1. The molecule has 8 nitrogen and oxygen atoms in total. The van der Waals surface area contributed by atoms with Gasteiger partial charge in [-0.15, -0.1) is 11.3 Å². The molecule has 134 valence electrons. The molecule has 0 spiro atoms. The molecule has 2 aromatic rings. The van der Waals surface area contributed by atoms with Gasteiger partial charge in [-0.1, -0.05) is 0 Å². The van der Waals surface area contributed by atoms with Gasteiger partial charge in [0.2, 0.25) is 5.91 Å². The van der Waals surface area contributed by atoms with Crippen molar-refractivity contribution < 1.29 is 4.79 Å². The van der Waals surface area contributed by atoms with Gasteiger partial charge in [0.05, 0.1) is 16.9 Å². The van der Waals surface area contributed by atoms with Crippen LogP contribution >= 0.6 is 11.3 Å². The van der Waals surface area contributed by atoms with Crippen molar-refractivity contribution in [3.05, 3.63) is 28.5 Å². The molecular formula is C16H23N7OS. The van der Waals surface area contributed by atoms with Gasteiger partial charge in [-0.2, -0.15) is 5.10 Å². The average molecular weight is 361 g/mol. The molecule has 0 unspecified atom stereocenters. The Morgan fingerprint density at radius 2 is 2.24 bits per heavy atom. The Morgan fingerprint density at radius 3 is 2.84 bits per heavy atom. The number of rotatable bonds is 4. The number of nitrogens with one attached hydrogen (secondary N) is 1. The van der Waals surface area contributed by atoms with Crippen molar-refractivity contribution in [1.29, 1.82) is 0 Å². The molecule has 0 saturated carbocycles. The minimum Gasteiger partial charge on any atom is -0.356 e. The molecule has 1 aliphatic heterocycles. The third-order valence-corrected chi connectivity index (χ3v) is 5.00. The quantitative estimate of drug-likeness (QED) is 0.639. The maximum absolute atomic E-state index is 12.5. The zero-order chi connectivity index (χ0) is 17.8. The lowest BCUT2D eigenvalue weighted by atomic mass is 10.3. The summed E-state index contributed by atoms with van der Waals surface area (Å²) >= 11 is 1.71. The number of carbonyl (C=O) groups is 1. The number of anilines is 1. The summed E-state index contributed by atoms with van der Waals surface area (Å²) in [5.74, 6) is 0.810. The number of piperazine rings is 1. The second-order valence-electron chi connectivity index (χ2n) is 5.93. The van der Waals surface area contributed by atoms with Crippen molar-refractivity contribution in [3.8, 4) is 0 Å². The zero-order valence-electron chi connectivity index (χ0n) is 14.8. The molecule has 25 heavy (non-hydrogen) atoms. The van der Waals surface area contributed by atoms with Crippen LogP contribution in [-0.4, -0.2) is 64.8 Å². The first-order valence-corrected chi connectivity index (χ1v) is 9.04. The van der Waals surface area contributed by atoms with E-state index in [0.717, 1.165) is 36.2 Å². The van der Waals surface area contributed by atoms with E-state index in [2.05, 4.69) is 27.3 Å². The minimum atomic E-state index is 0.0535. The lowest BCUT2D eigenvalue weighted by molar-refractivity contribution is -0.120. The van der Waals surface area contributed by atoms with E-state index in [1.165, 1.54) is 4.88 Å². The lowest BCUT2D eigenvalue weighted by Gasteiger charge is -2.35. The molecule has 1 N–H and O–H groups in total. The number of amides is 1. The van der Waals surface area contributed by atoms with Crippen LogP contribution in [0.15, 0.2) is 23.6 Å². The normalized spacial score (nSPS) is 15.8. The van der Waals surface area contributed by atoms with Crippen LogP contribution in [0.25, 0.3) is 0 Å². The monoisotopic (exact) mass is 361 g/mol. The fourth-order valence-electron chi connectivity index (χ4n) is 2.81. The van der Waals surface area contributed by atoms with Crippen molar-refractivity contribution in [2.45, 2.75) is 13.3 Å². The Kier molecular flexibility index (Phi) is 5.32. The summed E-state index contributed by atoms with van der Waals surface area (Å²) in [6.07, 6.45) is 6.32. The van der Waals surface area contributed by atoms with E-state index >= 15 is 0 Å². The third kappa shape index (κ3) is 4.16. The molecule has 1 amide bonds. The maximum atomic E-state index is 12.5. The standard InChI is InChI=1S/C16H23N7OS/c1-12-8-19-14(25-12)4-5-18-16(17-2)22-6-7-23(15(24)11-22)13-9-20-21(3)10-13/h8-10H,4-7,11H2,1-3H3,(H,17,18). The summed E-state index contributed by atoms with van der Waals surface area (Å²) in [7, 11) is 3.59. The second kappa shape index (κ2) is 7.64. The predicted octanol–water partition coefficient (Wildman–Crippen LogP) is 0.652. The SMILES string of the molecule is CN=C(NCCc1ncc(C)s1)N1CCN(c2cnn(C)c2)C(=O)C1. The van der Waals surface area contributed by atoms with Crippen molar-refractivity contribution in [1.82, 2.24) is 25.0 Å². The van der Waals surface area contributed by atoms with E-state index in [9.17, 15) is 4.79 Å². The highest BCUT2D eigenvalue weighted by molar-refractivity contribution is 7.11. The first-order valence-electron chi connectivity index (χ1n) is 8.22. The summed E-state index contributed by atoms with van der Waals surface area (Å²) in [6, 6.07) is 0. The number of aryl methyl sites for hydroxylation is 2. The first kappa shape index (κ1) is 17.4. The molecule has 0 aromatic carbocycles. The molecular weight excluding hydrogens is 338 g/mol.